The summed E-state index contributed by atoms with van der Waals surface area (Å²) in [7, 11) is 1.97. The Labute approximate surface area is 107 Å². The van der Waals surface area contributed by atoms with E-state index in [1.807, 2.05) is 18.0 Å². The van der Waals surface area contributed by atoms with E-state index in [0.717, 1.165) is 31.8 Å². The van der Waals surface area contributed by atoms with Crippen LogP contribution in [0.4, 0.5) is 5.82 Å². The van der Waals surface area contributed by atoms with Crippen molar-refractivity contribution in [3.05, 3.63) is 23.9 Å². The van der Waals surface area contributed by atoms with Crippen molar-refractivity contribution in [2.24, 2.45) is 5.73 Å². The molecule has 0 amide bonds. The highest BCUT2D eigenvalue weighted by Gasteiger charge is 2.18. The number of nitrogens with zero attached hydrogens (tertiary/aromatic N) is 2. The lowest BCUT2D eigenvalue weighted by Crippen LogP contribution is -2.35. The van der Waals surface area contributed by atoms with Crippen molar-refractivity contribution in [3.8, 4) is 0 Å². The van der Waals surface area contributed by atoms with Crippen LogP contribution in [0.1, 0.15) is 24.8 Å². The molecule has 18 heavy (non-hydrogen) atoms. The van der Waals surface area contributed by atoms with Crippen molar-refractivity contribution in [2.75, 3.05) is 25.1 Å². The predicted octanol–water partition coefficient (Wildman–Crippen LogP) is 1.37. The number of rotatable bonds is 4. The van der Waals surface area contributed by atoms with Crippen LogP contribution < -0.4 is 10.6 Å². The Kier molecular flexibility index (Phi) is 4.15. The van der Waals surface area contributed by atoms with Crippen molar-refractivity contribution in [2.45, 2.75) is 25.4 Å². The Hall–Kier alpha value is -1.62. The van der Waals surface area contributed by atoms with Gasteiger partial charge in [0.15, 0.2) is 0 Å². The minimum absolute atomic E-state index is 0.0505. The summed E-state index contributed by atoms with van der Waals surface area (Å²) < 4.78 is 5.72. The van der Waals surface area contributed by atoms with Gasteiger partial charge >= 0.3 is 0 Å². The minimum Gasteiger partial charge on any atom is -0.384 e. The van der Waals surface area contributed by atoms with E-state index in [1.165, 1.54) is 6.42 Å². The number of aromatic nitrogens is 1. The molecular formula is C13H20N4O. The Morgan fingerprint density at radius 1 is 1.61 bits per heavy atom. The normalized spacial score (nSPS) is 19.5. The first kappa shape index (κ1) is 12.8. The number of anilines is 1. The zero-order chi connectivity index (χ0) is 13.0. The van der Waals surface area contributed by atoms with Crippen LogP contribution >= 0.6 is 0 Å². The van der Waals surface area contributed by atoms with Gasteiger partial charge in [0.25, 0.3) is 0 Å². The highest BCUT2D eigenvalue weighted by molar-refractivity contribution is 5.99. The van der Waals surface area contributed by atoms with Gasteiger partial charge in [0.2, 0.25) is 0 Å². The molecule has 3 N–H and O–H groups in total. The molecule has 1 aromatic heterocycles. The maximum Gasteiger partial charge on any atom is 0.139 e. The van der Waals surface area contributed by atoms with Crippen molar-refractivity contribution in [1.82, 2.24) is 4.98 Å². The van der Waals surface area contributed by atoms with Crippen molar-refractivity contribution in [1.29, 1.82) is 5.41 Å². The SMILES string of the molecule is CN(CC1CCCCO1)c1ncccc1C(=N)N. The zero-order valence-electron chi connectivity index (χ0n) is 10.7. The standard InChI is InChI=1S/C13H20N4O/c1-17(9-10-5-2-3-8-18-10)13-11(12(14)15)6-4-7-16-13/h4,6-7,10H,2-3,5,8-9H2,1H3,(H3,14,15). The monoisotopic (exact) mass is 248 g/mol. The molecule has 0 radical (unpaired) electrons. The Morgan fingerprint density at radius 2 is 2.44 bits per heavy atom. The Morgan fingerprint density at radius 3 is 3.11 bits per heavy atom. The first-order chi connectivity index (χ1) is 8.68. The molecule has 0 bridgehead atoms. The number of ether oxygens (including phenoxy) is 1. The van der Waals surface area contributed by atoms with E-state index in [9.17, 15) is 0 Å². The van der Waals surface area contributed by atoms with Crippen LogP contribution in [0, 0.1) is 5.41 Å². The van der Waals surface area contributed by atoms with Gasteiger partial charge in [-0.3, -0.25) is 5.41 Å². The molecule has 1 aliphatic rings. The lowest BCUT2D eigenvalue weighted by atomic mass is 10.1. The molecule has 1 aliphatic heterocycles. The second kappa shape index (κ2) is 5.82. The number of nitrogens with one attached hydrogen (secondary N) is 1. The van der Waals surface area contributed by atoms with Crippen LogP contribution in [-0.2, 0) is 4.74 Å². The van der Waals surface area contributed by atoms with Crippen LogP contribution in [0.15, 0.2) is 18.3 Å². The van der Waals surface area contributed by atoms with Gasteiger partial charge in [-0.05, 0) is 31.4 Å². The molecule has 98 valence electrons. The molecule has 0 spiro atoms. The van der Waals surface area contributed by atoms with Gasteiger partial charge in [-0.25, -0.2) is 4.98 Å². The molecule has 1 unspecified atom stereocenters. The van der Waals surface area contributed by atoms with E-state index in [-0.39, 0.29) is 11.9 Å². The van der Waals surface area contributed by atoms with E-state index in [4.69, 9.17) is 15.9 Å². The summed E-state index contributed by atoms with van der Waals surface area (Å²) in [4.78, 5) is 6.34. The van der Waals surface area contributed by atoms with Gasteiger partial charge in [-0.2, -0.15) is 0 Å². The number of amidine groups is 1. The first-order valence-corrected chi connectivity index (χ1v) is 6.30. The van der Waals surface area contributed by atoms with Crippen LogP contribution in [0.2, 0.25) is 0 Å². The van der Waals surface area contributed by atoms with Crippen LogP contribution in [-0.4, -0.2) is 37.1 Å². The molecule has 1 fully saturated rings. The highest BCUT2D eigenvalue weighted by Crippen LogP contribution is 2.19. The summed E-state index contributed by atoms with van der Waals surface area (Å²) in [5.74, 6) is 0.800. The van der Waals surface area contributed by atoms with E-state index < -0.39 is 0 Å². The number of pyridine rings is 1. The molecule has 0 saturated carbocycles. The largest absolute Gasteiger partial charge is 0.384 e. The third kappa shape index (κ3) is 2.98. The van der Waals surface area contributed by atoms with Crippen LogP contribution in [0.5, 0.6) is 0 Å². The number of nitrogens with two attached hydrogens (primary N) is 1. The maximum atomic E-state index is 7.57. The quantitative estimate of drug-likeness (QED) is 0.623. The number of hydrogen-bond donors (Lipinski definition) is 2. The first-order valence-electron chi connectivity index (χ1n) is 6.30. The number of hydrogen-bond acceptors (Lipinski definition) is 4. The third-order valence-electron chi connectivity index (χ3n) is 3.19. The average Bonchev–Trinajstić information content (AvgIpc) is 2.40. The second-order valence-electron chi connectivity index (χ2n) is 4.66. The molecule has 5 nitrogen and oxygen atoms in total. The molecule has 5 heteroatoms. The summed E-state index contributed by atoms with van der Waals surface area (Å²) in [5, 5.41) is 7.57. The van der Waals surface area contributed by atoms with Crippen molar-refractivity contribution >= 4 is 11.7 Å². The van der Waals surface area contributed by atoms with Gasteiger partial charge in [0.05, 0.1) is 11.7 Å². The van der Waals surface area contributed by atoms with E-state index >= 15 is 0 Å². The average molecular weight is 248 g/mol. The minimum atomic E-state index is 0.0505. The summed E-state index contributed by atoms with van der Waals surface area (Å²) in [6.07, 6.45) is 5.45. The molecule has 1 atom stereocenters. The van der Waals surface area contributed by atoms with E-state index in [1.54, 1.807) is 12.3 Å². The van der Waals surface area contributed by atoms with Gasteiger partial charge in [0.1, 0.15) is 11.7 Å². The van der Waals surface area contributed by atoms with Gasteiger partial charge in [0, 0.05) is 26.4 Å². The summed E-state index contributed by atoms with van der Waals surface area (Å²) in [6.45, 7) is 1.64. The van der Waals surface area contributed by atoms with Gasteiger partial charge < -0.3 is 15.4 Å². The lowest BCUT2D eigenvalue weighted by Gasteiger charge is -2.28. The van der Waals surface area contributed by atoms with E-state index in [2.05, 4.69) is 4.98 Å². The van der Waals surface area contributed by atoms with Crippen LogP contribution in [0.3, 0.4) is 0 Å². The fourth-order valence-corrected chi connectivity index (χ4v) is 2.25. The smallest absolute Gasteiger partial charge is 0.139 e. The second-order valence-corrected chi connectivity index (χ2v) is 4.66. The fourth-order valence-electron chi connectivity index (χ4n) is 2.25. The maximum absolute atomic E-state index is 7.57. The van der Waals surface area contributed by atoms with Gasteiger partial charge in [-0.15, -0.1) is 0 Å². The van der Waals surface area contributed by atoms with Crippen molar-refractivity contribution in [3.63, 3.8) is 0 Å². The zero-order valence-corrected chi connectivity index (χ0v) is 10.7. The molecule has 1 aromatic rings. The fraction of sp³-hybridized carbons (Fsp3) is 0.538. The highest BCUT2D eigenvalue weighted by atomic mass is 16.5. The van der Waals surface area contributed by atoms with E-state index in [0.29, 0.717) is 5.56 Å². The molecule has 2 heterocycles. The molecule has 0 aromatic carbocycles. The summed E-state index contributed by atoms with van der Waals surface area (Å²) >= 11 is 0. The molecule has 2 rings (SSSR count). The molecule has 1 saturated heterocycles. The summed E-state index contributed by atoms with van der Waals surface area (Å²) in [5.41, 5.74) is 6.25. The van der Waals surface area contributed by atoms with Gasteiger partial charge in [-0.1, -0.05) is 0 Å². The van der Waals surface area contributed by atoms with Crippen molar-refractivity contribution < 1.29 is 4.74 Å². The topological polar surface area (TPSA) is 75.2 Å². The van der Waals surface area contributed by atoms with Crippen LogP contribution in [0.25, 0.3) is 0 Å². The third-order valence-corrected chi connectivity index (χ3v) is 3.19. The Bertz CT molecular complexity index is 415. The predicted molar refractivity (Wildman–Crippen MR) is 72.1 cm³/mol. The lowest BCUT2D eigenvalue weighted by molar-refractivity contribution is 0.0215. The molecular weight excluding hydrogens is 228 g/mol. The Balaban J connectivity index is 2.08. The number of nitrogen functional groups attached to an aromatic ring is 1. The number of likely N-dealkylation sites (N-methyl/N-ethyl adjacent to an activating group) is 1. The summed E-state index contributed by atoms with van der Waals surface area (Å²) in [6, 6.07) is 3.62. The molecule has 0 aliphatic carbocycles.